The van der Waals surface area contributed by atoms with Crippen LogP contribution in [-0.4, -0.2) is 21.1 Å². The molecule has 3 rings (SSSR count). The number of rotatable bonds is 4. The first-order valence-electron chi connectivity index (χ1n) is 6.49. The maximum atomic E-state index is 12.0. The molecule has 2 heterocycles. The normalized spacial score (nSPS) is 10.4. The van der Waals surface area contributed by atoms with Gasteiger partial charge in [-0.2, -0.15) is 0 Å². The van der Waals surface area contributed by atoms with E-state index in [0.717, 1.165) is 10.0 Å². The van der Waals surface area contributed by atoms with E-state index in [4.69, 9.17) is 4.42 Å². The Hall–Kier alpha value is -2.54. The average molecular weight is 359 g/mol. The maximum absolute atomic E-state index is 12.0. The van der Waals surface area contributed by atoms with Crippen LogP contribution in [-0.2, 0) is 6.54 Å². The Balaban J connectivity index is 1.65. The zero-order valence-corrected chi connectivity index (χ0v) is 12.9. The second-order valence-electron chi connectivity index (χ2n) is 4.44. The van der Waals surface area contributed by atoms with Crippen molar-refractivity contribution in [2.75, 3.05) is 0 Å². The molecule has 0 aliphatic rings. The Morgan fingerprint density at radius 3 is 2.91 bits per heavy atom. The lowest BCUT2D eigenvalue weighted by atomic mass is 10.2. The summed E-state index contributed by atoms with van der Waals surface area (Å²) in [4.78, 5) is 16.0. The van der Waals surface area contributed by atoms with Crippen molar-refractivity contribution in [3.63, 3.8) is 0 Å². The molecule has 0 aliphatic heterocycles. The number of nitrogens with one attached hydrogen (secondary N) is 1. The average Bonchev–Trinajstić information content (AvgIpc) is 3.02. The number of aromatic nitrogens is 3. The van der Waals surface area contributed by atoms with Crippen LogP contribution in [0.15, 0.2) is 57.7 Å². The van der Waals surface area contributed by atoms with Crippen molar-refractivity contribution in [1.82, 2.24) is 20.5 Å². The molecule has 0 aliphatic carbocycles. The van der Waals surface area contributed by atoms with Gasteiger partial charge >= 0.3 is 0 Å². The van der Waals surface area contributed by atoms with Gasteiger partial charge in [-0.05, 0) is 30.3 Å². The molecule has 2 aromatic heterocycles. The summed E-state index contributed by atoms with van der Waals surface area (Å²) < 4.78 is 6.34. The molecule has 1 amide bonds. The molecule has 6 nitrogen and oxygen atoms in total. The summed E-state index contributed by atoms with van der Waals surface area (Å²) in [5.74, 6) is 0.504. The van der Waals surface area contributed by atoms with Gasteiger partial charge in [-0.3, -0.25) is 9.78 Å². The molecular weight excluding hydrogens is 348 g/mol. The number of hydrogen-bond acceptors (Lipinski definition) is 5. The Bertz CT molecular complexity index is 789. The fraction of sp³-hybridized carbons (Fsp3) is 0.0667. The van der Waals surface area contributed by atoms with Crippen molar-refractivity contribution in [1.29, 1.82) is 0 Å². The first kappa shape index (κ1) is 14.4. The molecule has 0 spiro atoms. The lowest BCUT2D eigenvalue weighted by Gasteiger charge is -2.02. The molecule has 1 aromatic carbocycles. The summed E-state index contributed by atoms with van der Waals surface area (Å²) in [7, 11) is 0. The predicted octanol–water partition coefficient (Wildman–Crippen LogP) is 2.82. The molecule has 0 radical (unpaired) electrons. The predicted molar refractivity (Wildman–Crippen MR) is 82.8 cm³/mol. The van der Waals surface area contributed by atoms with Crippen LogP contribution in [0.5, 0.6) is 0 Å². The van der Waals surface area contributed by atoms with Gasteiger partial charge in [-0.15, -0.1) is 10.2 Å². The molecule has 1 N–H and O–H groups in total. The van der Waals surface area contributed by atoms with Gasteiger partial charge in [-0.1, -0.05) is 22.0 Å². The number of halogens is 1. The van der Waals surface area contributed by atoms with E-state index in [1.54, 1.807) is 36.7 Å². The van der Waals surface area contributed by atoms with Gasteiger partial charge in [0.05, 0.1) is 12.1 Å². The lowest BCUT2D eigenvalue weighted by Crippen LogP contribution is -2.22. The van der Waals surface area contributed by atoms with E-state index in [1.165, 1.54) is 0 Å². The Morgan fingerprint density at radius 2 is 2.14 bits per heavy atom. The third kappa shape index (κ3) is 3.37. The largest absolute Gasteiger partial charge is 0.419 e. The molecule has 3 aromatic rings. The second kappa shape index (κ2) is 6.48. The molecule has 0 fully saturated rings. The zero-order valence-electron chi connectivity index (χ0n) is 11.4. The minimum absolute atomic E-state index is 0.165. The highest BCUT2D eigenvalue weighted by Crippen LogP contribution is 2.16. The SMILES string of the molecule is O=C(NCc1nnc(-c2cccnc2)o1)c1cccc(Br)c1. The third-order valence-electron chi connectivity index (χ3n) is 2.86. The highest BCUT2D eigenvalue weighted by atomic mass is 79.9. The fourth-order valence-electron chi connectivity index (χ4n) is 1.82. The topological polar surface area (TPSA) is 80.9 Å². The lowest BCUT2D eigenvalue weighted by molar-refractivity contribution is 0.0947. The molecule has 110 valence electrons. The highest BCUT2D eigenvalue weighted by molar-refractivity contribution is 9.10. The Morgan fingerprint density at radius 1 is 1.23 bits per heavy atom. The van der Waals surface area contributed by atoms with E-state index in [2.05, 4.69) is 36.4 Å². The molecule has 0 saturated carbocycles. The van der Waals surface area contributed by atoms with Gasteiger partial charge in [0.1, 0.15) is 0 Å². The molecule has 0 unspecified atom stereocenters. The van der Waals surface area contributed by atoms with Crippen LogP contribution in [0, 0.1) is 0 Å². The van der Waals surface area contributed by atoms with Crippen LogP contribution in [0.2, 0.25) is 0 Å². The van der Waals surface area contributed by atoms with Crippen LogP contribution >= 0.6 is 15.9 Å². The number of carbonyl (C=O) groups is 1. The van der Waals surface area contributed by atoms with E-state index < -0.39 is 0 Å². The van der Waals surface area contributed by atoms with Crippen molar-refractivity contribution in [2.45, 2.75) is 6.54 Å². The molecule has 7 heteroatoms. The van der Waals surface area contributed by atoms with Gasteiger partial charge in [0, 0.05) is 22.4 Å². The van der Waals surface area contributed by atoms with E-state index >= 15 is 0 Å². The van der Waals surface area contributed by atoms with Gasteiger partial charge in [0.2, 0.25) is 11.8 Å². The van der Waals surface area contributed by atoms with E-state index in [9.17, 15) is 4.79 Å². The summed E-state index contributed by atoms with van der Waals surface area (Å²) in [6.45, 7) is 0.165. The number of nitrogens with zero attached hydrogens (tertiary/aromatic N) is 3. The monoisotopic (exact) mass is 358 g/mol. The maximum Gasteiger partial charge on any atom is 0.251 e. The van der Waals surface area contributed by atoms with Crippen LogP contribution in [0.1, 0.15) is 16.2 Å². The summed E-state index contributed by atoms with van der Waals surface area (Å²) in [6, 6.07) is 10.7. The van der Waals surface area contributed by atoms with Crippen molar-refractivity contribution in [2.24, 2.45) is 0 Å². The molecule has 22 heavy (non-hydrogen) atoms. The summed E-state index contributed by atoms with van der Waals surface area (Å²) >= 11 is 3.33. The number of hydrogen-bond donors (Lipinski definition) is 1. The molecule has 0 saturated heterocycles. The van der Waals surface area contributed by atoms with Gasteiger partial charge in [0.25, 0.3) is 5.91 Å². The van der Waals surface area contributed by atoms with Crippen molar-refractivity contribution in [3.05, 3.63) is 64.7 Å². The zero-order chi connectivity index (χ0) is 15.4. The first-order chi connectivity index (χ1) is 10.7. The van der Waals surface area contributed by atoms with E-state index in [-0.39, 0.29) is 12.5 Å². The number of pyridine rings is 1. The van der Waals surface area contributed by atoms with Crippen molar-refractivity contribution in [3.8, 4) is 11.5 Å². The Labute approximate surface area is 134 Å². The summed E-state index contributed by atoms with van der Waals surface area (Å²) in [5.41, 5.74) is 1.29. The van der Waals surface area contributed by atoms with E-state index in [1.807, 2.05) is 12.1 Å². The standard InChI is InChI=1S/C15H11BrN4O2/c16-12-5-1-3-10(7-12)14(21)18-9-13-19-20-15(22-13)11-4-2-6-17-8-11/h1-8H,9H2,(H,18,21). The third-order valence-corrected chi connectivity index (χ3v) is 3.36. The quantitative estimate of drug-likeness (QED) is 0.775. The second-order valence-corrected chi connectivity index (χ2v) is 5.35. The first-order valence-corrected chi connectivity index (χ1v) is 7.28. The molecular formula is C15H11BrN4O2. The van der Waals surface area contributed by atoms with Crippen LogP contribution in [0.3, 0.4) is 0 Å². The fourth-order valence-corrected chi connectivity index (χ4v) is 2.22. The van der Waals surface area contributed by atoms with E-state index in [0.29, 0.717) is 17.3 Å². The molecule has 0 atom stereocenters. The summed E-state index contributed by atoms with van der Waals surface area (Å²) in [5, 5.41) is 10.6. The highest BCUT2D eigenvalue weighted by Gasteiger charge is 2.11. The minimum atomic E-state index is -0.206. The van der Waals surface area contributed by atoms with Crippen LogP contribution in [0.4, 0.5) is 0 Å². The molecule has 0 bridgehead atoms. The van der Waals surface area contributed by atoms with Gasteiger partial charge in [0.15, 0.2) is 0 Å². The van der Waals surface area contributed by atoms with Crippen molar-refractivity contribution < 1.29 is 9.21 Å². The van der Waals surface area contributed by atoms with Crippen molar-refractivity contribution >= 4 is 21.8 Å². The van der Waals surface area contributed by atoms with Gasteiger partial charge < -0.3 is 9.73 Å². The number of carbonyl (C=O) groups excluding carboxylic acids is 1. The smallest absolute Gasteiger partial charge is 0.251 e. The van der Waals surface area contributed by atoms with Gasteiger partial charge in [-0.25, -0.2) is 0 Å². The van der Waals surface area contributed by atoms with Crippen LogP contribution in [0.25, 0.3) is 11.5 Å². The number of benzene rings is 1. The number of amides is 1. The van der Waals surface area contributed by atoms with Crippen LogP contribution < -0.4 is 5.32 Å². The minimum Gasteiger partial charge on any atom is -0.419 e. The Kier molecular flexibility index (Phi) is 4.24. The summed E-state index contributed by atoms with van der Waals surface area (Å²) in [6.07, 6.45) is 3.30.